The summed E-state index contributed by atoms with van der Waals surface area (Å²) >= 11 is 0. The van der Waals surface area contributed by atoms with E-state index >= 15 is 0 Å². The summed E-state index contributed by atoms with van der Waals surface area (Å²) in [6.45, 7) is 5.31. The van der Waals surface area contributed by atoms with Crippen LogP contribution in [-0.2, 0) is 20.8 Å². The van der Waals surface area contributed by atoms with Gasteiger partial charge in [-0.3, -0.25) is 0 Å². The van der Waals surface area contributed by atoms with E-state index < -0.39 is 12.2 Å². The molecule has 0 aliphatic carbocycles. The van der Waals surface area contributed by atoms with Crippen molar-refractivity contribution >= 4 is 6.09 Å². The van der Waals surface area contributed by atoms with E-state index in [0.29, 0.717) is 13.2 Å². The zero-order chi connectivity index (χ0) is 17.1. The number of ether oxygens (including phenoxy) is 3. The quantitative estimate of drug-likeness (QED) is 0.667. The van der Waals surface area contributed by atoms with Gasteiger partial charge in [0.2, 0.25) is 0 Å². The highest BCUT2D eigenvalue weighted by molar-refractivity contribution is 5.67. The zero-order valence-corrected chi connectivity index (χ0v) is 14.1. The summed E-state index contributed by atoms with van der Waals surface area (Å²) in [6, 6.07) is 9.44. The van der Waals surface area contributed by atoms with Crippen LogP contribution >= 0.6 is 0 Å². The highest BCUT2D eigenvalue weighted by atomic mass is 16.6. The Bertz CT molecular complexity index is 438. The van der Waals surface area contributed by atoms with Crippen molar-refractivity contribution in [1.82, 2.24) is 4.90 Å². The number of amides is 1. The molecule has 0 bridgehead atoms. The summed E-state index contributed by atoms with van der Waals surface area (Å²) in [7, 11) is 1.58. The first-order chi connectivity index (χ1) is 11.0. The van der Waals surface area contributed by atoms with Crippen molar-refractivity contribution in [3.05, 3.63) is 35.9 Å². The first-order valence-corrected chi connectivity index (χ1v) is 7.78. The van der Waals surface area contributed by atoms with Crippen LogP contribution in [0.3, 0.4) is 0 Å². The van der Waals surface area contributed by atoms with Crippen molar-refractivity contribution in [2.45, 2.75) is 32.7 Å². The molecule has 0 aliphatic heterocycles. The molecule has 0 aliphatic rings. The summed E-state index contributed by atoms with van der Waals surface area (Å²) < 4.78 is 15.8. The van der Waals surface area contributed by atoms with Crippen molar-refractivity contribution in [2.75, 3.05) is 33.4 Å². The third-order valence-corrected chi connectivity index (χ3v) is 2.99. The summed E-state index contributed by atoms with van der Waals surface area (Å²) in [5.74, 6) is 0. The van der Waals surface area contributed by atoms with E-state index in [4.69, 9.17) is 14.2 Å². The maximum absolute atomic E-state index is 11.8. The summed E-state index contributed by atoms with van der Waals surface area (Å²) in [6.07, 6.45) is -1.08. The standard InChI is InChI=1S/C17H27NO5/c1-14(2)22-10-9-21-13-16(19)11-18(3)17(20)23-12-15-7-5-4-6-8-15/h4-8,14,16,19H,9-13H2,1-3H3. The molecule has 0 spiro atoms. The van der Waals surface area contributed by atoms with Gasteiger partial charge in [-0.1, -0.05) is 30.3 Å². The van der Waals surface area contributed by atoms with Gasteiger partial charge in [0.25, 0.3) is 0 Å². The molecule has 1 unspecified atom stereocenters. The van der Waals surface area contributed by atoms with E-state index in [0.717, 1.165) is 5.56 Å². The Morgan fingerprint density at radius 1 is 1.22 bits per heavy atom. The molecule has 1 N–H and O–H groups in total. The minimum absolute atomic E-state index is 0.151. The minimum atomic E-state index is -0.761. The van der Waals surface area contributed by atoms with E-state index in [-0.39, 0.29) is 25.9 Å². The number of hydrogen-bond donors (Lipinski definition) is 1. The second-order valence-corrected chi connectivity index (χ2v) is 5.57. The molecule has 6 nitrogen and oxygen atoms in total. The Hall–Kier alpha value is -1.63. The third-order valence-electron chi connectivity index (χ3n) is 2.99. The molecule has 0 heterocycles. The van der Waals surface area contributed by atoms with Gasteiger partial charge in [0.1, 0.15) is 6.61 Å². The third kappa shape index (κ3) is 9.18. The van der Waals surface area contributed by atoms with Gasteiger partial charge in [-0.25, -0.2) is 4.79 Å². The fourth-order valence-electron chi connectivity index (χ4n) is 1.83. The van der Waals surface area contributed by atoms with Gasteiger partial charge in [-0.05, 0) is 19.4 Å². The number of benzene rings is 1. The van der Waals surface area contributed by atoms with Crippen LogP contribution in [-0.4, -0.2) is 61.7 Å². The Morgan fingerprint density at radius 2 is 1.91 bits per heavy atom. The van der Waals surface area contributed by atoms with E-state index in [1.807, 2.05) is 44.2 Å². The van der Waals surface area contributed by atoms with E-state index in [9.17, 15) is 9.90 Å². The van der Waals surface area contributed by atoms with Gasteiger partial charge >= 0.3 is 6.09 Å². The van der Waals surface area contributed by atoms with Gasteiger partial charge in [-0.2, -0.15) is 0 Å². The van der Waals surface area contributed by atoms with Crippen LogP contribution in [0.4, 0.5) is 4.79 Å². The Balaban J connectivity index is 2.15. The minimum Gasteiger partial charge on any atom is -0.445 e. The largest absolute Gasteiger partial charge is 0.445 e. The second kappa shape index (κ2) is 11.0. The summed E-state index contributed by atoms with van der Waals surface area (Å²) in [5, 5.41) is 9.85. The molecule has 1 aromatic rings. The topological polar surface area (TPSA) is 68.2 Å². The molecule has 1 atom stereocenters. The summed E-state index contributed by atoms with van der Waals surface area (Å²) in [5.41, 5.74) is 0.920. The second-order valence-electron chi connectivity index (χ2n) is 5.57. The van der Waals surface area contributed by atoms with Crippen molar-refractivity contribution in [3.8, 4) is 0 Å². The number of rotatable bonds is 10. The van der Waals surface area contributed by atoms with Crippen LogP contribution in [0.15, 0.2) is 30.3 Å². The molecule has 23 heavy (non-hydrogen) atoms. The highest BCUT2D eigenvalue weighted by Crippen LogP contribution is 2.03. The molecular formula is C17H27NO5. The number of hydrogen-bond acceptors (Lipinski definition) is 5. The lowest BCUT2D eigenvalue weighted by molar-refractivity contribution is -0.0172. The van der Waals surface area contributed by atoms with Gasteiger partial charge in [-0.15, -0.1) is 0 Å². The molecule has 130 valence electrons. The number of aliphatic hydroxyl groups excluding tert-OH is 1. The molecule has 6 heteroatoms. The van der Waals surface area contributed by atoms with Crippen LogP contribution in [0.25, 0.3) is 0 Å². The smallest absolute Gasteiger partial charge is 0.409 e. The molecule has 1 rings (SSSR count). The fraction of sp³-hybridized carbons (Fsp3) is 0.588. The maximum Gasteiger partial charge on any atom is 0.409 e. The molecule has 1 aromatic carbocycles. The van der Waals surface area contributed by atoms with Gasteiger partial charge in [0.05, 0.1) is 38.6 Å². The highest BCUT2D eigenvalue weighted by Gasteiger charge is 2.15. The van der Waals surface area contributed by atoms with Crippen LogP contribution in [0.5, 0.6) is 0 Å². The molecule has 0 radical (unpaired) electrons. The summed E-state index contributed by atoms with van der Waals surface area (Å²) in [4.78, 5) is 13.2. The number of aliphatic hydroxyl groups is 1. The van der Waals surface area contributed by atoms with Crippen molar-refractivity contribution in [1.29, 1.82) is 0 Å². The predicted molar refractivity (Wildman–Crippen MR) is 87.2 cm³/mol. The number of carbonyl (C=O) groups is 1. The first kappa shape index (κ1) is 19.4. The van der Waals surface area contributed by atoms with Crippen LogP contribution in [0, 0.1) is 0 Å². The monoisotopic (exact) mass is 325 g/mol. The van der Waals surface area contributed by atoms with Crippen LogP contribution < -0.4 is 0 Å². The van der Waals surface area contributed by atoms with Crippen molar-refractivity contribution in [3.63, 3.8) is 0 Å². The Morgan fingerprint density at radius 3 is 2.57 bits per heavy atom. The number of nitrogens with zero attached hydrogens (tertiary/aromatic N) is 1. The number of carbonyl (C=O) groups excluding carboxylic acids is 1. The first-order valence-electron chi connectivity index (χ1n) is 7.78. The lowest BCUT2D eigenvalue weighted by atomic mass is 10.2. The zero-order valence-electron chi connectivity index (χ0n) is 14.1. The van der Waals surface area contributed by atoms with Crippen LogP contribution in [0.2, 0.25) is 0 Å². The SMILES string of the molecule is CC(C)OCCOCC(O)CN(C)C(=O)OCc1ccccc1. The van der Waals surface area contributed by atoms with E-state index in [2.05, 4.69) is 0 Å². The lowest BCUT2D eigenvalue weighted by Gasteiger charge is -2.20. The average Bonchev–Trinajstić information content (AvgIpc) is 2.52. The number of likely N-dealkylation sites (N-methyl/N-ethyl adjacent to an activating group) is 1. The van der Waals surface area contributed by atoms with Gasteiger partial charge in [0, 0.05) is 7.05 Å². The van der Waals surface area contributed by atoms with Gasteiger partial charge in [0.15, 0.2) is 0 Å². The van der Waals surface area contributed by atoms with E-state index in [1.54, 1.807) is 7.05 Å². The predicted octanol–water partition coefficient (Wildman–Crippen LogP) is 2.06. The fourth-order valence-corrected chi connectivity index (χ4v) is 1.83. The normalized spacial score (nSPS) is 12.2. The maximum atomic E-state index is 11.8. The Kier molecular flexibility index (Phi) is 9.28. The molecule has 0 saturated heterocycles. The lowest BCUT2D eigenvalue weighted by Crippen LogP contribution is -2.36. The molecule has 1 amide bonds. The van der Waals surface area contributed by atoms with Crippen molar-refractivity contribution in [2.24, 2.45) is 0 Å². The average molecular weight is 325 g/mol. The van der Waals surface area contributed by atoms with Crippen molar-refractivity contribution < 1.29 is 24.1 Å². The molecule has 0 aromatic heterocycles. The molecular weight excluding hydrogens is 298 g/mol. The van der Waals surface area contributed by atoms with E-state index in [1.165, 1.54) is 4.90 Å². The molecule has 0 saturated carbocycles. The van der Waals surface area contributed by atoms with Gasteiger partial charge < -0.3 is 24.2 Å². The molecule has 0 fully saturated rings. The Labute approximate surface area is 138 Å². The van der Waals surface area contributed by atoms with Crippen LogP contribution in [0.1, 0.15) is 19.4 Å².